The van der Waals surface area contributed by atoms with Gasteiger partial charge in [-0.25, -0.2) is 8.78 Å². The normalized spacial score (nSPS) is 15.7. The zero-order valence-corrected chi connectivity index (χ0v) is 16.1. The molecule has 148 valence electrons. The maximum Gasteiger partial charge on any atom is 0.303 e. The molecule has 0 radical (unpaired) electrons. The lowest BCUT2D eigenvalue weighted by Gasteiger charge is -2.15. The van der Waals surface area contributed by atoms with Crippen LogP contribution in [0.3, 0.4) is 0 Å². The summed E-state index contributed by atoms with van der Waals surface area (Å²) in [6.45, 7) is 3.96. The molecule has 0 spiro atoms. The number of carbonyl (C=O) groups is 1. The van der Waals surface area contributed by atoms with Crippen LogP contribution in [0.25, 0.3) is 5.57 Å². The smallest absolute Gasteiger partial charge is 0.303 e. The molecule has 1 aliphatic carbocycles. The van der Waals surface area contributed by atoms with Crippen molar-refractivity contribution in [3.63, 3.8) is 0 Å². The van der Waals surface area contributed by atoms with Crippen molar-refractivity contribution in [3.8, 4) is 5.75 Å². The molecule has 0 unspecified atom stereocenters. The summed E-state index contributed by atoms with van der Waals surface area (Å²) in [6, 6.07) is 12.9. The van der Waals surface area contributed by atoms with E-state index in [1.165, 1.54) is 0 Å². The Kier molecular flexibility index (Phi) is 5.82. The van der Waals surface area contributed by atoms with Crippen molar-refractivity contribution in [2.75, 3.05) is 6.61 Å². The summed E-state index contributed by atoms with van der Waals surface area (Å²) in [5.41, 5.74) is 4.96. The third kappa shape index (κ3) is 4.58. The van der Waals surface area contributed by atoms with Gasteiger partial charge in [-0.2, -0.15) is 0 Å². The number of carboxylic acids is 1. The van der Waals surface area contributed by atoms with Gasteiger partial charge in [0.15, 0.2) is 0 Å². The molecule has 0 fully saturated rings. The van der Waals surface area contributed by atoms with E-state index in [-0.39, 0.29) is 25.9 Å². The van der Waals surface area contributed by atoms with E-state index in [4.69, 9.17) is 9.84 Å². The highest BCUT2D eigenvalue weighted by Crippen LogP contribution is 2.44. The number of aryl methyl sites for hydroxylation is 1. The number of halogens is 2. The van der Waals surface area contributed by atoms with Crippen LogP contribution in [0.4, 0.5) is 8.78 Å². The fraction of sp³-hybridized carbons (Fsp3) is 0.348. The van der Waals surface area contributed by atoms with Crippen LogP contribution in [-0.4, -0.2) is 23.6 Å². The van der Waals surface area contributed by atoms with Crippen molar-refractivity contribution in [1.82, 2.24) is 0 Å². The van der Waals surface area contributed by atoms with Crippen molar-refractivity contribution >= 4 is 11.5 Å². The third-order valence-corrected chi connectivity index (χ3v) is 5.32. The van der Waals surface area contributed by atoms with Crippen LogP contribution in [0.2, 0.25) is 0 Å². The molecule has 5 heteroatoms. The Hall–Kier alpha value is -2.69. The van der Waals surface area contributed by atoms with Crippen molar-refractivity contribution in [1.29, 1.82) is 0 Å². The lowest BCUT2D eigenvalue weighted by molar-refractivity contribution is -0.136. The fourth-order valence-electron chi connectivity index (χ4n) is 3.63. The second-order valence-electron chi connectivity index (χ2n) is 7.31. The molecule has 1 N–H and O–H groups in total. The quantitative estimate of drug-likeness (QED) is 0.675. The number of carboxylic acid groups (broad SMARTS) is 1. The van der Waals surface area contributed by atoms with E-state index in [1.807, 2.05) is 50.2 Å². The highest BCUT2D eigenvalue weighted by atomic mass is 19.3. The molecule has 2 aromatic carbocycles. The number of allylic oxidation sites excluding steroid dienone is 1. The van der Waals surface area contributed by atoms with E-state index in [0.29, 0.717) is 23.3 Å². The molecule has 0 saturated carbocycles. The van der Waals surface area contributed by atoms with E-state index in [9.17, 15) is 13.6 Å². The van der Waals surface area contributed by atoms with E-state index < -0.39 is 11.9 Å². The molecule has 0 aromatic heterocycles. The van der Waals surface area contributed by atoms with Crippen LogP contribution in [0.15, 0.2) is 48.0 Å². The predicted molar refractivity (Wildman–Crippen MR) is 105 cm³/mol. The van der Waals surface area contributed by atoms with E-state index in [0.717, 1.165) is 22.3 Å². The zero-order chi connectivity index (χ0) is 20.3. The Labute approximate surface area is 163 Å². The predicted octanol–water partition coefficient (Wildman–Crippen LogP) is 5.58. The number of hydrogen-bond donors (Lipinski definition) is 1. The first-order chi connectivity index (χ1) is 13.3. The number of alkyl halides is 2. The molecule has 0 heterocycles. The van der Waals surface area contributed by atoms with Gasteiger partial charge in [-0.15, -0.1) is 0 Å². The molecule has 0 saturated heterocycles. The first-order valence-corrected chi connectivity index (χ1v) is 9.34. The second-order valence-corrected chi connectivity index (χ2v) is 7.31. The summed E-state index contributed by atoms with van der Waals surface area (Å²) in [7, 11) is 0. The zero-order valence-electron chi connectivity index (χ0n) is 16.1. The van der Waals surface area contributed by atoms with Crippen LogP contribution in [0, 0.1) is 13.8 Å². The van der Waals surface area contributed by atoms with E-state index >= 15 is 0 Å². The highest BCUT2D eigenvalue weighted by Gasteiger charge is 2.39. The van der Waals surface area contributed by atoms with Gasteiger partial charge in [-0.1, -0.05) is 36.4 Å². The van der Waals surface area contributed by atoms with Gasteiger partial charge in [-0.3, -0.25) is 4.79 Å². The van der Waals surface area contributed by atoms with Gasteiger partial charge < -0.3 is 9.84 Å². The van der Waals surface area contributed by atoms with Gasteiger partial charge in [0.2, 0.25) is 0 Å². The van der Waals surface area contributed by atoms with Gasteiger partial charge in [0, 0.05) is 19.3 Å². The van der Waals surface area contributed by atoms with Crippen LogP contribution >= 0.6 is 0 Å². The van der Waals surface area contributed by atoms with Crippen molar-refractivity contribution in [2.45, 2.75) is 45.5 Å². The molecule has 0 aliphatic heterocycles. The molecule has 2 aromatic rings. The number of benzene rings is 2. The molecule has 0 bridgehead atoms. The van der Waals surface area contributed by atoms with Crippen molar-refractivity contribution in [3.05, 3.63) is 70.3 Å². The van der Waals surface area contributed by atoms with Gasteiger partial charge in [0.25, 0.3) is 5.92 Å². The minimum absolute atomic E-state index is 0.0723. The van der Waals surface area contributed by atoms with Crippen LogP contribution < -0.4 is 4.74 Å². The lowest BCUT2D eigenvalue weighted by atomic mass is 9.99. The van der Waals surface area contributed by atoms with E-state index in [1.54, 1.807) is 6.07 Å². The summed E-state index contributed by atoms with van der Waals surface area (Å²) in [4.78, 5) is 10.8. The molecule has 0 amide bonds. The molecule has 0 atom stereocenters. The SMILES string of the molecule is Cc1c(CCC(=O)O)ccc(OCC2=C(c3ccccc3)CC(F)(F)C2)c1C. The Balaban J connectivity index is 1.78. The van der Waals surface area contributed by atoms with Gasteiger partial charge in [-0.05, 0) is 59.7 Å². The number of rotatable bonds is 7. The Bertz CT molecular complexity index is 902. The first kappa shape index (κ1) is 20.1. The fourth-order valence-corrected chi connectivity index (χ4v) is 3.63. The Morgan fingerprint density at radius 2 is 1.79 bits per heavy atom. The Morgan fingerprint density at radius 1 is 1.07 bits per heavy atom. The average Bonchev–Trinajstić information content (AvgIpc) is 2.97. The van der Waals surface area contributed by atoms with Gasteiger partial charge >= 0.3 is 5.97 Å². The molecule has 3 nitrogen and oxygen atoms in total. The monoisotopic (exact) mass is 386 g/mol. The standard InChI is InChI=1S/C23H24F2O3/c1-15-16(2)21(10-8-17(15)9-11-22(26)27)28-14-19-12-23(24,25)13-20(19)18-6-4-3-5-7-18/h3-8,10H,9,11-14H2,1-2H3,(H,26,27). The first-order valence-electron chi connectivity index (χ1n) is 9.34. The summed E-state index contributed by atoms with van der Waals surface area (Å²) in [5, 5.41) is 8.87. The maximum absolute atomic E-state index is 14.1. The topological polar surface area (TPSA) is 46.5 Å². The van der Waals surface area contributed by atoms with Crippen LogP contribution in [0.1, 0.15) is 41.5 Å². The third-order valence-electron chi connectivity index (χ3n) is 5.32. The summed E-state index contributed by atoms with van der Waals surface area (Å²) in [5.74, 6) is -2.93. The highest BCUT2D eigenvalue weighted by molar-refractivity contribution is 5.72. The summed E-state index contributed by atoms with van der Waals surface area (Å²) in [6.07, 6.45) is -0.0193. The number of hydrogen-bond acceptors (Lipinski definition) is 2. The van der Waals surface area contributed by atoms with Gasteiger partial charge in [0.05, 0.1) is 0 Å². The summed E-state index contributed by atoms with van der Waals surface area (Å²) >= 11 is 0. The van der Waals surface area contributed by atoms with Crippen molar-refractivity contribution in [2.24, 2.45) is 0 Å². The molecular formula is C23H24F2O3. The molecule has 28 heavy (non-hydrogen) atoms. The number of ether oxygens (including phenoxy) is 1. The Morgan fingerprint density at radius 3 is 2.46 bits per heavy atom. The van der Waals surface area contributed by atoms with Crippen LogP contribution in [0.5, 0.6) is 5.75 Å². The van der Waals surface area contributed by atoms with Gasteiger partial charge in [0.1, 0.15) is 12.4 Å². The van der Waals surface area contributed by atoms with Crippen LogP contribution in [-0.2, 0) is 11.2 Å². The molecule has 3 rings (SSSR count). The molecular weight excluding hydrogens is 362 g/mol. The number of aliphatic carboxylic acids is 1. The second kappa shape index (κ2) is 8.13. The summed E-state index contributed by atoms with van der Waals surface area (Å²) < 4.78 is 34.0. The minimum atomic E-state index is -2.74. The average molecular weight is 386 g/mol. The minimum Gasteiger partial charge on any atom is -0.489 e. The lowest BCUT2D eigenvalue weighted by Crippen LogP contribution is -2.12. The molecule has 1 aliphatic rings. The van der Waals surface area contributed by atoms with Crippen molar-refractivity contribution < 1.29 is 23.4 Å². The van der Waals surface area contributed by atoms with E-state index in [2.05, 4.69) is 0 Å². The largest absolute Gasteiger partial charge is 0.489 e. The maximum atomic E-state index is 14.1.